The predicted octanol–water partition coefficient (Wildman–Crippen LogP) is 3.78. The zero-order valence-electron chi connectivity index (χ0n) is 31.7. The van der Waals surface area contributed by atoms with Crippen LogP contribution in [0.2, 0.25) is 0 Å². The number of nitrogens with zero attached hydrogens (tertiary/aromatic N) is 2. The number of hydrogen-bond acceptors (Lipinski definition) is 6. The number of anilines is 2. The summed E-state index contributed by atoms with van der Waals surface area (Å²) >= 11 is 0. The van der Waals surface area contributed by atoms with Crippen molar-refractivity contribution in [3.63, 3.8) is 0 Å². The van der Waals surface area contributed by atoms with Crippen molar-refractivity contribution in [2.24, 2.45) is 0 Å². The van der Waals surface area contributed by atoms with Crippen LogP contribution in [0.25, 0.3) is 0 Å². The maximum absolute atomic E-state index is 13.2. The Hall–Kier alpha value is -2.97. The smallest absolute Gasteiger partial charge is 0.481 e. The fourth-order valence-corrected chi connectivity index (χ4v) is 7.66. The normalized spacial score (nSPS) is 20.4. The summed E-state index contributed by atoms with van der Waals surface area (Å²) in [7, 11) is -3.96. The number of fused-ring (bicyclic) bond motifs is 2. The van der Waals surface area contributed by atoms with Crippen molar-refractivity contribution in [3.05, 3.63) is 119 Å². The molecule has 5 rings (SSSR count). The molecule has 4 N–H and O–H groups in total. The van der Waals surface area contributed by atoms with Crippen LogP contribution in [-0.4, -0.2) is 35.6 Å². The summed E-state index contributed by atoms with van der Waals surface area (Å²) in [6.45, 7) is 10.2. The molecule has 0 atom stereocenters. The third-order valence-electron chi connectivity index (χ3n) is 10.3. The van der Waals surface area contributed by atoms with Gasteiger partial charge in [-0.25, -0.2) is 19.8 Å². The summed E-state index contributed by atoms with van der Waals surface area (Å²) < 4.78 is 35.5. The molecular formula is C41H52KN4O6S+3. The van der Waals surface area contributed by atoms with Crippen LogP contribution in [-0.2, 0) is 43.6 Å². The van der Waals surface area contributed by atoms with Crippen molar-refractivity contribution in [2.45, 2.75) is 103 Å². The van der Waals surface area contributed by atoms with Gasteiger partial charge in [0.2, 0.25) is 0 Å². The van der Waals surface area contributed by atoms with E-state index in [4.69, 9.17) is 9.66 Å². The Balaban J connectivity index is 0.00000627. The molecule has 3 aliphatic rings. The second kappa shape index (κ2) is 18.6. The SMILES string of the molecule is CC1(C)\C(=C/C=C/C=C2\CC\C(=C/C=C/C=C3/Nc4c(ccc[n+]4CCCCS(=O)(=O)O)C3(C)C)C2=O)Nc2c1ccc[n+]2CCCCCC(=O)O.[K+]. The zero-order chi connectivity index (χ0) is 37.5. The summed E-state index contributed by atoms with van der Waals surface area (Å²) in [4.78, 5) is 24.0. The monoisotopic (exact) mass is 767 g/mol. The maximum atomic E-state index is 13.2. The molecule has 0 radical (unpaired) electrons. The van der Waals surface area contributed by atoms with Crippen molar-refractivity contribution in [3.8, 4) is 0 Å². The Labute approximate surface area is 356 Å². The number of carboxylic acids is 1. The van der Waals surface area contributed by atoms with E-state index in [0.29, 0.717) is 38.6 Å². The van der Waals surface area contributed by atoms with Crippen LogP contribution in [0.5, 0.6) is 0 Å². The quantitative estimate of drug-likeness (QED) is 0.0707. The number of nitrogens with one attached hydrogen (secondary N) is 2. The number of aromatic nitrogens is 2. The molecule has 53 heavy (non-hydrogen) atoms. The Morgan fingerprint density at radius 3 is 1.66 bits per heavy atom. The van der Waals surface area contributed by atoms with Crippen molar-refractivity contribution in [1.82, 2.24) is 0 Å². The van der Waals surface area contributed by atoms with Gasteiger partial charge < -0.3 is 5.11 Å². The molecule has 0 saturated heterocycles. The van der Waals surface area contributed by atoms with Gasteiger partial charge in [-0.2, -0.15) is 8.42 Å². The second-order valence-electron chi connectivity index (χ2n) is 14.8. The van der Waals surface area contributed by atoms with Crippen LogP contribution < -0.4 is 71.2 Å². The Morgan fingerprint density at radius 1 is 0.755 bits per heavy atom. The molecule has 276 valence electrons. The number of aryl methyl sites for hydroxylation is 2. The molecule has 0 aromatic carbocycles. The molecule has 1 fully saturated rings. The Kier molecular flexibility index (Phi) is 15.0. The van der Waals surface area contributed by atoms with Gasteiger partial charge in [-0.05, 0) is 109 Å². The summed E-state index contributed by atoms with van der Waals surface area (Å²) in [6, 6.07) is 8.30. The largest absolute Gasteiger partial charge is 1.00 e. The Bertz CT molecular complexity index is 2010. The van der Waals surface area contributed by atoms with E-state index < -0.39 is 16.1 Å². The number of unbranched alkanes of at least 4 members (excludes halogenated alkanes) is 3. The number of carbonyl (C=O) groups is 2. The number of carbonyl (C=O) groups excluding carboxylic acids is 1. The fourth-order valence-electron chi connectivity index (χ4n) is 7.09. The minimum Gasteiger partial charge on any atom is -0.481 e. The first-order valence-electron chi connectivity index (χ1n) is 18.2. The van der Waals surface area contributed by atoms with Gasteiger partial charge in [0, 0.05) is 17.6 Å². The molecule has 0 amide bonds. The van der Waals surface area contributed by atoms with Crippen molar-refractivity contribution >= 4 is 33.5 Å². The number of pyridine rings is 2. The van der Waals surface area contributed by atoms with Crippen LogP contribution in [0.15, 0.2) is 108 Å². The van der Waals surface area contributed by atoms with E-state index in [1.165, 1.54) is 5.56 Å². The molecule has 1 aliphatic carbocycles. The van der Waals surface area contributed by atoms with E-state index >= 15 is 0 Å². The average molecular weight is 768 g/mol. The minimum atomic E-state index is -3.96. The number of Topliss-reactive ketones (excluding diaryl/α,β-unsaturated/α-hetero) is 1. The topological polar surface area (TPSA) is 141 Å². The van der Waals surface area contributed by atoms with E-state index in [-0.39, 0.29) is 80.2 Å². The molecule has 1 saturated carbocycles. The van der Waals surface area contributed by atoms with Gasteiger partial charge >= 0.3 is 57.4 Å². The van der Waals surface area contributed by atoms with Crippen LogP contribution in [0.3, 0.4) is 0 Å². The molecule has 2 aliphatic heterocycles. The molecule has 0 unspecified atom stereocenters. The minimum absolute atomic E-state index is 0. The van der Waals surface area contributed by atoms with E-state index in [1.54, 1.807) is 0 Å². The number of aliphatic carboxylic acids is 1. The van der Waals surface area contributed by atoms with Gasteiger partial charge in [0.1, 0.15) is 11.4 Å². The summed E-state index contributed by atoms with van der Waals surface area (Å²) in [5.74, 6) is 1.14. The second-order valence-corrected chi connectivity index (χ2v) is 16.3. The zero-order valence-corrected chi connectivity index (χ0v) is 35.6. The maximum Gasteiger partial charge on any atom is 1.00 e. The van der Waals surface area contributed by atoms with Gasteiger partial charge in [0.25, 0.3) is 21.8 Å². The number of rotatable bonds is 15. The number of carboxylic acid groups (broad SMARTS) is 1. The van der Waals surface area contributed by atoms with Gasteiger partial charge in [0.15, 0.2) is 5.78 Å². The number of allylic oxidation sites excluding steroid dienone is 12. The molecule has 12 heteroatoms. The molecule has 0 spiro atoms. The van der Waals surface area contributed by atoms with Gasteiger partial charge in [0.05, 0.1) is 53.2 Å². The predicted molar refractivity (Wildman–Crippen MR) is 203 cm³/mol. The standard InChI is InChI=1S/C41H50N4O6S.K/c1-40(2)32-18-14-27-44(25-11-5-6-22-36(46)47)38(32)42-34(40)20-9-7-16-30-23-24-31(37(30)48)17-8-10-21-35-41(3,4)33-19-15-28-45(39(33)43-35)26-12-13-29-52(49,50)51;/h7-10,14-21,27-28H,5-6,11-13,22-26,29H2,1-4H3,(H2,46,47,49,50,51);/q;+1/p+2/b9-7+,10-8+,30-16+,31-17+,34-20+,35-21+;. The van der Waals surface area contributed by atoms with Gasteiger partial charge in [-0.1, -0.05) is 36.5 Å². The molecule has 0 bridgehead atoms. The molecule has 2 aromatic rings. The average Bonchev–Trinajstić information content (AvgIpc) is 3.66. The summed E-state index contributed by atoms with van der Waals surface area (Å²) in [5, 5.41) is 16.1. The first kappa shape index (κ1) is 42.8. The molecule has 10 nitrogen and oxygen atoms in total. The van der Waals surface area contributed by atoms with E-state index in [2.05, 4.69) is 77.9 Å². The van der Waals surface area contributed by atoms with E-state index in [1.807, 2.05) is 54.8 Å². The summed E-state index contributed by atoms with van der Waals surface area (Å²) in [6.07, 6.45) is 24.9. The first-order valence-corrected chi connectivity index (χ1v) is 19.8. The van der Waals surface area contributed by atoms with Crippen LogP contribution in [0.4, 0.5) is 11.6 Å². The van der Waals surface area contributed by atoms with Crippen molar-refractivity contribution in [2.75, 3.05) is 16.4 Å². The van der Waals surface area contributed by atoms with Gasteiger partial charge in [-0.15, -0.1) is 0 Å². The third kappa shape index (κ3) is 10.8. The Morgan fingerprint density at radius 2 is 1.21 bits per heavy atom. The van der Waals surface area contributed by atoms with Crippen LogP contribution in [0.1, 0.15) is 90.2 Å². The molecule has 2 aromatic heterocycles. The summed E-state index contributed by atoms with van der Waals surface area (Å²) in [5.41, 5.74) is 5.59. The van der Waals surface area contributed by atoms with Crippen LogP contribution in [0, 0.1) is 0 Å². The first-order chi connectivity index (χ1) is 24.7. The molecule has 4 heterocycles. The van der Waals surface area contributed by atoms with E-state index in [9.17, 15) is 18.0 Å². The molecular weight excluding hydrogens is 716 g/mol. The van der Waals surface area contributed by atoms with Crippen molar-refractivity contribution in [1.29, 1.82) is 0 Å². The van der Waals surface area contributed by atoms with E-state index in [0.717, 1.165) is 59.1 Å². The fraction of sp³-hybridized carbons (Fsp3) is 0.415. The number of ketones is 1. The van der Waals surface area contributed by atoms with Crippen LogP contribution >= 0.6 is 0 Å². The third-order valence-corrected chi connectivity index (χ3v) is 11.1. The van der Waals surface area contributed by atoms with Gasteiger partial charge in [-0.3, -0.25) is 14.1 Å². The number of hydrogen-bond donors (Lipinski definition) is 4. The van der Waals surface area contributed by atoms with Crippen molar-refractivity contribution < 1.29 is 88.2 Å².